The van der Waals surface area contributed by atoms with Crippen LogP contribution in [0.25, 0.3) is 11.4 Å². The molecule has 27 heavy (non-hydrogen) atoms. The van der Waals surface area contributed by atoms with E-state index in [4.69, 9.17) is 4.74 Å². The van der Waals surface area contributed by atoms with Crippen LogP contribution >= 0.6 is 11.8 Å². The van der Waals surface area contributed by atoms with Gasteiger partial charge in [0.25, 0.3) is 0 Å². The van der Waals surface area contributed by atoms with Crippen LogP contribution in [0.15, 0.2) is 59.8 Å². The predicted octanol–water partition coefficient (Wildman–Crippen LogP) is 2.94. The lowest BCUT2D eigenvalue weighted by Crippen LogP contribution is -2.27. The smallest absolute Gasteiger partial charge is 0.230 e. The number of methoxy groups -OCH3 is 1. The van der Waals surface area contributed by atoms with Crippen molar-refractivity contribution in [3.63, 3.8) is 0 Å². The highest BCUT2D eigenvalue weighted by atomic mass is 32.2. The van der Waals surface area contributed by atoms with Crippen molar-refractivity contribution in [3.05, 3.63) is 60.2 Å². The summed E-state index contributed by atoms with van der Waals surface area (Å²) in [6, 6.07) is 17.8. The van der Waals surface area contributed by atoms with Crippen LogP contribution in [-0.2, 0) is 18.3 Å². The van der Waals surface area contributed by atoms with E-state index in [1.807, 2.05) is 54.1 Å². The first kappa shape index (κ1) is 19.0. The zero-order valence-corrected chi connectivity index (χ0v) is 16.2. The van der Waals surface area contributed by atoms with Crippen molar-refractivity contribution < 1.29 is 9.53 Å². The zero-order chi connectivity index (χ0) is 19.1. The minimum atomic E-state index is -0.00933. The fraction of sp³-hybridized carbons (Fsp3) is 0.250. The highest BCUT2D eigenvalue weighted by molar-refractivity contribution is 7.99. The van der Waals surface area contributed by atoms with Crippen LogP contribution in [0.2, 0.25) is 0 Å². The van der Waals surface area contributed by atoms with Gasteiger partial charge in [0.1, 0.15) is 5.75 Å². The second kappa shape index (κ2) is 9.23. The molecule has 0 atom stereocenters. The Kier molecular flexibility index (Phi) is 6.49. The molecular formula is C20H22N4O2S. The van der Waals surface area contributed by atoms with E-state index >= 15 is 0 Å². The van der Waals surface area contributed by atoms with Crippen molar-refractivity contribution in [2.75, 3.05) is 19.4 Å². The molecule has 0 spiro atoms. The number of amides is 1. The molecule has 0 saturated heterocycles. The fourth-order valence-electron chi connectivity index (χ4n) is 2.60. The first-order valence-corrected chi connectivity index (χ1v) is 9.63. The molecule has 1 N–H and O–H groups in total. The number of rotatable bonds is 8. The van der Waals surface area contributed by atoms with Gasteiger partial charge in [-0.05, 0) is 36.2 Å². The van der Waals surface area contributed by atoms with Gasteiger partial charge in [-0.3, -0.25) is 4.79 Å². The second-order valence-corrected chi connectivity index (χ2v) is 6.91. The average Bonchev–Trinajstić information content (AvgIpc) is 3.08. The van der Waals surface area contributed by atoms with E-state index in [9.17, 15) is 4.79 Å². The number of benzene rings is 2. The molecule has 6 nitrogen and oxygen atoms in total. The summed E-state index contributed by atoms with van der Waals surface area (Å²) in [4.78, 5) is 12.1. The molecule has 140 valence electrons. The van der Waals surface area contributed by atoms with Crippen molar-refractivity contribution in [1.82, 2.24) is 20.1 Å². The van der Waals surface area contributed by atoms with E-state index in [0.717, 1.165) is 23.6 Å². The molecule has 1 amide bonds. The first-order valence-electron chi connectivity index (χ1n) is 8.64. The summed E-state index contributed by atoms with van der Waals surface area (Å²) in [5.41, 5.74) is 2.16. The fourth-order valence-corrected chi connectivity index (χ4v) is 3.35. The van der Waals surface area contributed by atoms with Crippen LogP contribution in [0.1, 0.15) is 5.56 Å². The number of ether oxygens (including phenoxy) is 1. The Balaban J connectivity index is 1.50. The van der Waals surface area contributed by atoms with Crippen LogP contribution in [-0.4, -0.2) is 40.1 Å². The number of aromatic nitrogens is 3. The zero-order valence-electron chi connectivity index (χ0n) is 15.4. The van der Waals surface area contributed by atoms with Crippen molar-refractivity contribution in [1.29, 1.82) is 0 Å². The molecule has 0 aliphatic carbocycles. The Hall–Kier alpha value is -2.80. The number of hydrogen-bond acceptors (Lipinski definition) is 5. The van der Waals surface area contributed by atoms with Gasteiger partial charge in [-0.15, -0.1) is 10.2 Å². The Labute approximate surface area is 163 Å². The van der Waals surface area contributed by atoms with Crippen molar-refractivity contribution in [3.8, 4) is 17.1 Å². The van der Waals surface area contributed by atoms with E-state index in [1.54, 1.807) is 7.11 Å². The van der Waals surface area contributed by atoms with Crippen LogP contribution in [0.3, 0.4) is 0 Å². The van der Waals surface area contributed by atoms with Crippen molar-refractivity contribution in [2.45, 2.75) is 11.6 Å². The summed E-state index contributed by atoms with van der Waals surface area (Å²) < 4.78 is 7.07. The summed E-state index contributed by atoms with van der Waals surface area (Å²) in [6.07, 6.45) is 0.822. The molecule has 1 heterocycles. The molecule has 0 unspecified atom stereocenters. The molecule has 2 aromatic carbocycles. The van der Waals surface area contributed by atoms with E-state index in [-0.39, 0.29) is 5.91 Å². The molecular weight excluding hydrogens is 360 g/mol. The quantitative estimate of drug-likeness (QED) is 0.607. The predicted molar refractivity (Wildman–Crippen MR) is 107 cm³/mol. The molecule has 0 radical (unpaired) electrons. The SMILES string of the molecule is COc1ccc(-c2nnc(SCC(=O)NCCc3ccccc3)n2C)cc1. The molecule has 0 aliphatic rings. The molecule has 7 heteroatoms. The van der Waals surface area contributed by atoms with Crippen molar-refractivity contribution in [2.24, 2.45) is 7.05 Å². The van der Waals surface area contributed by atoms with E-state index < -0.39 is 0 Å². The largest absolute Gasteiger partial charge is 0.497 e. The summed E-state index contributed by atoms with van der Waals surface area (Å²) in [5, 5.41) is 12.1. The van der Waals surface area contributed by atoms with Crippen LogP contribution in [0.5, 0.6) is 5.75 Å². The number of thioether (sulfide) groups is 1. The number of hydrogen-bond donors (Lipinski definition) is 1. The average molecular weight is 382 g/mol. The van der Waals surface area contributed by atoms with E-state index in [0.29, 0.717) is 17.5 Å². The maximum atomic E-state index is 12.1. The van der Waals surface area contributed by atoms with Crippen molar-refractivity contribution >= 4 is 17.7 Å². The lowest BCUT2D eigenvalue weighted by atomic mass is 10.1. The molecule has 0 saturated carbocycles. The maximum absolute atomic E-state index is 12.1. The molecule has 0 fully saturated rings. The number of carbonyl (C=O) groups is 1. The Morgan fingerprint density at radius 3 is 2.56 bits per heavy atom. The van der Waals surface area contributed by atoms with Gasteiger partial charge < -0.3 is 14.6 Å². The lowest BCUT2D eigenvalue weighted by Gasteiger charge is -2.06. The summed E-state index contributed by atoms with van der Waals surface area (Å²) in [5.74, 6) is 1.85. The Bertz CT molecular complexity index is 879. The first-order chi connectivity index (χ1) is 13.2. The highest BCUT2D eigenvalue weighted by Crippen LogP contribution is 2.24. The van der Waals surface area contributed by atoms with Crippen LogP contribution < -0.4 is 10.1 Å². The summed E-state index contributed by atoms with van der Waals surface area (Å²) >= 11 is 1.38. The summed E-state index contributed by atoms with van der Waals surface area (Å²) in [7, 11) is 3.53. The standard InChI is InChI=1S/C20H22N4O2S/c1-24-19(16-8-10-17(26-2)11-9-16)22-23-20(24)27-14-18(25)21-13-12-15-6-4-3-5-7-15/h3-11H,12-14H2,1-2H3,(H,21,25). The van der Waals surface area contributed by atoms with Gasteiger partial charge in [0.05, 0.1) is 12.9 Å². The third kappa shape index (κ3) is 5.10. The van der Waals surface area contributed by atoms with Crippen LogP contribution in [0, 0.1) is 0 Å². The van der Waals surface area contributed by atoms with E-state index in [1.165, 1.54) is 17.3 Å². The Morgan fingerprint density at radius 1 is 1.11 bits per heavy atom. The lowest BCUT2D eigenvalue weighted by molar-refractivity contribution is -0.118. The van der Waals surface area contributed by atoms with Gasteiger partial charge in [-0.2, -0.15) is 0 Å². The number of carbonyl (C=O) groups excluding carboxylic acids is 1. The number of nitrogens with one attached hydrogen (secondary N) is 1. The second-order valence-electron chi connectivity index (χ2n) is 5.97. The topological polar surface area (TPSA) is 69.0 Å². The highest BCUT2D eigenvalue weighted by Gasteiger charge is 2.13. The molecule has 0 bridgehead atoms. The molecule has 3 aromatic rings. The van der Waals surface area contributed by atoms with E-state index in [2.05, 4.69) is 27.6 Å². The summed E-state index contributed by atoms with van der Waals surface area (Å²) in [6.45, 7) is 0.624. The normalized spacial score (nSPS) is 10.6. The third-order valence-electron chi connectivity index (χ3n) is 4.09. The monoisotopic (exact) mass is 382 g/mol. The minimum Gasteiger partial charge on any atom is -0.497 e. The van der Waals surface area contributed by atoms with Gasteiger partial charge in [0, 0.05) is 19.2 Å². The molecule has 1 aromatic heterocycles. The van der Waals surface area contributed by atoms with Gasteiger partial charge in [0.15, 0.2) is 11.0 Å². The molecule has 3 rings (SSSR count). The van der Waals surface area contributed by atoms with Gasteiger partial charge in [0.2, 0.25) is 5.91 Å². The van der Waals surface area contributed by atoms with Gasteiger partial charge >= 0.3 is 0 Å². The Morgan fingerprint density at radius 2 is 1.85 bits per heavy atom. The third-order valence-corrected chi connectivity index (χ3v) is 5.11. The van der Waals surface area contributed by atoms with Gasteiger partial charge in [-0.25, -0.2) is 0 Å². The number of nitrogens with zero attached hydrogens (tertiary/aromatic N) is 3. The molecule has 0 aliphatic heterocycles. The van der Waals surface area contributed by atoms with Gasteiger partial charge in [-0.1, -0.05) is 42.1 Å². The maximum Gasteiger partial charge on any atom is 0.230 e. The minimum absolute atomic E-state index is 0.00933. The van der Waals surface area contributed by atoms with Crippen LogP contribution in [0.4, 0.5) is 0 Å².